The van der Waals surface area contributed by atoms with Crippen LogP contribution in [0.3, 0.4) is 0 Å². The lowest BCUT2D eigenvalue weighted by Gasteiger charge is -2.20. The number of alkyl halides is 3. The molecule has 1 N–H and O–H groups in total. The number of benzene rings is 1. The quantitative estimate of drug-likeness (QED) is 0.846. The highest BCUT2D eigenvalue weighted by Crippen LogP contribution is 2.31. The van der Waals surface area contributed by atoms with Crippen molar-refractivity contribution in [2.24, 2.45) is 0 Å². The number of halogens is 4. The summed E-state index contributed by atoms with van der Waals surface area (Å²) in [5, 5.41) is 9.53. The Morgan fingerprint density at radius 2 is 1.95 bits per heavy atom. The Bertz CT molecular complexity index is 461. The van der Waals surface area contributed by atoms with Crippen molar-refractivity contribution in [3.05, 3.63) is 35.1 Å². The maximum Gasteiger partial charge on any atom is 0.419 e. The van der Waals surface area contributed by atoms with E-state index in [1.807, 2.05) is 4.90 Å². The molecule has 2 nitrogen and oxygen atoms in total. The first-order chi connectivity index (χ1) is 9.36. The van der Waals surface area contributed by atoms with E-state index in [0.717, 1.165) is 31.5 Å². The van der Waals surface area contributed by atoms with E-state index in [-0.39, 0.29) is 6.10 Å². The van der Waals surface area contributed by atoms with Crippen molar-refractivity contribution in [3.63, 3.8) is 0 Å². The molecule has 0 bridgehead atoms. The van der Waals surface area contributed by atoms with Gasteiger partial charge in [-0.1, -0.05) is 6.07 Å². The Morgan fingerprint density at radius 3 is 2.60 bits per heavy atom. The predicted molar refractivity (Wildman–Crippen MR) is 66.5 cm³/mol. The maximum absolute atomic E-state index is 13.5. The molecule has 1 unspecified atom stereocenters. The van der Waals surface area contributed by atoms with Gasteiger partial charge in [-0.25, -0.2) is 4.39 Å². The Hall–Kier alpha value is -1.14. The third-order valence-electron chi connectivity index (χ3n) is 3.54. The minimum absolute atomic E-state index is 0.315. The zero-order valence-corrected chi connectivity index (χ0v) is 11.0. The Kier molecular flexibility index (Phi) is 4.65. The van der Waals surface area contributed by atoms with E-state index in [1.165, 1.54) is 6.07 Å². The molecule has 1 heterocycles. The van der Waals surface area contributed by atoms with Crippen molar-refractivity contribution in [1.29, 1.82) is 0 Å². The summed E-state index contributed by atoms with van der Waals surface area (Å²) in [4.78, 5) is 2.03. The molecule has 0 aromatic heterocycles. The Labute approximate surface area is 115 Å². The third-order valence-corrected chi connectivity index (χ3v) is 3.54. The first-order valence-corrected chi connectivity index (χ1v) is 6.62. The van der Waals surface area contributed by atoms with Crippen molar-refractivity contribution >= 4 is 0 Å². The average molecular weight is 291 g/mol. The summed E-state index contributed by atoms with van der Waals surface area (Å²) in [6.07, 6.45) is -2.76. The van der Waals surface area contributed by atoms with Crippen LogP contribution < -0.4 is 0 Å². The first kappa shape index (κ1) is 15.3. The normalized spacial score (nSPS) is 21.8. The molecule has 1 atom stereocenters. The highest BCUT2D eigenvalue weighted by molar-refractivity contribution is 5.26. The van der Waals surface area contributed by atoms with Gasteiger partial charge in [0.1, 0.15) is 5.82 Å². The summed E-state index contributed by atoms with van der Waals surface area (Å²) in [7, 11) is 0. The number of aliphatic hydroxyl groups excluding tert-OH is 1. The molecule has 0 saturated carbocycles. The molecule has 1 aliphatic heterocycles. The van der Waals surface area contributed by atoms with Gasteiger partial charge >= 0.3 is 6.18 Å². The second-order valence-electron chi connectivity index (χ2n) is 5.17. The van der Waals surface area contributed by atoms with E-state index >= 15 is 0 Å². The molecule has 1 fully saturated rings. The van der Waals surface area contributed by atoms with Crippen LogP contribution in [0.1, 0.15) is 30.4 Å². The van der Waals surface area contributed by atoms with Gasteiger partial charge in [0.2, 0.25) is 0 Å². The van der Waals surface area contributed by atoms with Crippen LogP contribution in [0.15, 0.2) is 18.2 Å². The molecule has 0 radical (unpaired) electrons. The van der Waals surface area contributed by atoms with Crippen molar-refractivity contribution in [1.82, 2.24) is 4.90 Å². The van der Waals surface area contributed by atoms with Gasteiger partial charge in [-0.05, 0) is 43.5 Å². The number of aliphatic hydroxyl groups is 1. The minimum Gasteiger partial charge on any atom is -0.393 e. The summed E-state index contributed by atoms with van der Waals surface area (Å²) >= 11 is 0. The lowest BCUT2D eigenvalue weighted by molar-refractivity contribution is -0.140. The molecule has 0 amide bonds. The summed E-state index contributed by atoms with van der Waals surface area (Å²) in [5.41, 5.74) is -0.709. The standard InChI is InChI=1S/C14H17F4NO/c15-13-8-10(3-4-12(13)14(16,17)18)9-19-6-1-2-11(20)5-7-19/h3-4,8,11,20H,1-2,5-7,9H2. The predicted octanol–water partition coefficient (Wildman–Crippen LogP) is 3.19. The second kappa shape index (κ2) is 6.10. The van der Waals surface area contributed by atoms with Gasteiger partial charge in [-0.3, -0.25) is 4.90 Å². The Balaban J connectivity index is 2.05. The van der Waals surface area contributed by atoms with E-state index in [4.69, 9.17) is 0 Å². The van der Waals surface area contributed by atoms with E-state index < -0.39 is 17.6 Å². The van der Waals surface area contributed by atoms with Gasteiger partial charge in [0.05, 0.1) is 11.7 Å². The van der Waals surface area contributed by atoms with Crippen LogP contribution in [0.25, 0.3) is 0 Å². The zero-order chi connectivity index (χ0) is 14.8. The SMILES string of the molecule is OC1CCCN(Cc2ccc(C(F)(F)F)c(F)c2)CC1. The van der Waals surface area contributed by atoms with E-state index in [1.54, 1.807) is 0 Å². The fourth-order valence-corrected chi connectivity index (χ4v) is 2.44. The van der Waals surface area contributed by atoms with Crippen LogP contribution in [0.4, 0.5) is 17.6 Å². The van der Waals surface area contributed by atoms with Gasteiger partial charge in [0.15, 0.2) is 0 Å². The first-order valence-electron chi connectivity index (χ1n) is 6.62. The molecule has 1 aromatic rings. The average Bonchev–Trinajstić information content (AvgIpc) is 2.53. The molecular weight excluding hydrogens is 274 g/mol. The zero-order valence-electron chi connectivity index (χ0n) is 11.0. The summed E-state index contributed by atoms with van der Waals surface area (Å²) < 4.78 is 50.8. The molecule has 112 valence electrons. The number of hydrogen-bond donors (Lipinski definition) is 1. The molecule has 1 aromatic carbocycles. The largest absolute Gasteiger partial charge is 0.419 e. The van der Waals surface area contributed by atoms with Crippen LogP contribution in [-0.4, -0.2) is 29.2 Å². The molecule has 0 aliphatic carbocycles. The maximum atomic E-state index is 13.5. The van der Waals surface area contributed by atoms with Crippen molar-refractivity contribution < 1.29 is 22.7 Å². The van der Waals surface area contributed by atoms with Crippen molar-refractivity contribution in [2.75, 3.05) is 13.1 Å². The Morgan fingerprint density at radius 1 is 1.20 bits per heavy atom. The van der Waals surface area contributed by atoms with Crippen molar-refractivity contribution in [2.45, 2.75) is 38.1 Å². The molecular formula is C14H17F4NO. The van der Waals surface area contributed by atoms with Crippen LogP contribution in [0.5, 0.6) is 0 Å². The minimum atomic E-state index is -4.66. The van der Waals surface area contributed by atoms with Gasteiger partial charge in [0.25, 0.3) is 0 Å². The van der Waals surface area contributed by atoms with Crippen LogP contribution >= 0.6 is 0 Å². The van der Waals surface area contributed by atoms with E-state index in [0.29, 0.717) is 25.1 Å². The highest BCUT2D eigenvalue weighted by atomic mass is 19.4. The number of likely N-dealkylation sites (tertiary alicyclic amines) is 1. The monoisotopic (exact) mass is 291 g/mol. The number of nitrogens with zero attached hydrogens (tertiary/aromatic N) is 1. The molecule has 0 spiro atoms. The summed E-state index contributed by atoms with van der Waals surface area (Å²) in [5.74, 6) is -1.23. The molecule has 6 heteroatoms. The molecule has 2 rings (SSSR count). The number of rotatable bonds is 2. The van der Waals surface area contributed by atoms with Gasteiger partial charge < -0.3 is 5.11 Å². The second-order valence-corrected chi connectivity index (χ2v) is 5.17. The van der Waals surface area contributed by atoms with Gasteiger partial charge in [-0.2, -0.15) is 13.2 Å². The number of hydrogen-bond acceptors (Lipinski definition) is 2. The van der Waals surface area contributed by atoms with Crippen LogP contribution in [0, 0.1) is 5.82 Å². The van der Waals surface area contributed by atoms with Gasteiger partial charge in [-0.15, -0.1) is 0 Å². The smallest absolute Gasteiger partial charge is 0.393 e. The fraction of sp³-hybridized carbons (Fsp3) is 0.571. The lowest BCUT2D eigenvalue weighted by atomic mass is 10.1. The van der Waals surface area contributed by atoms with Crippen LogP contribution in [-0.2, 0) is 12.7 Å². The van der Waals surface area contributed by atoms with Crippen molar-refractivity contribution in [3.8, 4) is 0 Å². The molecule has 1 saturated heterocycles. The fourth-order valence-electron chi connectivity index (χ4n) is 2.44. The van der Waals surface area contributed by atoms with Gasteiger partial charge in [0, 0.05) is 13.1 Å². The van der Waals surface area contributed by atoms with E-state index in [2.05, 4.69) is 0 Å². The third kappa shape index (κ3) is 3.93. The van der Waals surface area contributed by atoms with Crippen LogP contribution in [0.2, 0.25) is 0 Å². The topological polar surface area (TPSA) is 23.5 Å². The summed E-state index contributed by atoms with van der Waals surface area (Å²) in [6.45, 7) is 1.84. The van der Waals surface area contributed by atoms with E-state index in [9.17, 15) is 22.7 Å². The highest BCUT2D eigenvalue weighted by Gasteiger charge is 2.33. The molecule has 1 aliphatic rings. The molecule has 20 heavy (non-hydrogen) atoms. The lowest BCUT2D eigenvalue weighted by Crippen LogP contribution is -2.24. The summed E-state index contributed by atoms with van der Waals surface area (Å²) in [6, 6.07) is 3.05.